The fourth-order valence-corrected chi connectivity index (χ4v) is 0.852. The van der Waals surface area contributed by atoms with Crippen molar-refractivity contribution in [1.29, 1.82) is 0 Å². The number of thioether (sulfide) groups is 1. The second-order valence-corrected chi connectivity index (χ2v) is 2.88. The minimum absolute atomic E-state index is 0. The number of nitrogens with two attached hydrogens (primary N) is 1. The van der Waals surface area contributed by atoms with Gasteiger partial charge >= 0.3 is 0 Å². The summed E-state index contributed by atoms with van der Waals surface area (Å²) < 4.78 is 0. The van der Waals surface area contributed by atoms with Crippen molar-refractivity contribution in [3.05, 3.63) is 13.2 Å². The van der Waals surface area contributed by atoms with Gasteiger partial charge in [-0.25, -0.2) is 0 Å². The number of Topliss-reactive ketones (excluding diaryl/α,β-unsaturated/α-hetero) is 1. The summed E-state index contributed by atoms with van der Waals surface area (Å²) in [4.78, 5) is 19.3. The molecule has 0 aliphatic rings. The molecule has 0 aromatic heterocycles. The molecular formula is C8H17N2O2SWY-3. The Morgan fingerprint density at radius 3 is 2.00 bits per heavy atom. The summed E-state index contributed by atoms with van der Waals surface area (Å²) in [5.74, 6) is 0.578. The van der Waals surface area contributed by atoms with Crippen LogP contribution in [0.15, 0.2) is 0 Å². The van der Waals surface area contributed by atoms with Crippen molar-refractivity contribution in [3.8, 4) is 0 Å². The maximum Gasteiger partial charge on any atom is 0.113 e. The van der Waals surface area contributed by atoms with Crippen LogP contribution in [0.1, 0.15) is 6.92 Å². The zero-order chi connectivity index (χ0) is 9.98. The molecule has 1 radical (unpaired) electrons. The van der Waals surface area contributed by atoms with Crippen molar-refractivity contribution < 1.29 is 63.4 Å². The van der Waals surface area contributed by atoms with Gasteiger partial charge in [0, 0.05) is 53.8 Å². The molecule has 0 aromatic carbocycles. The number of ketones is 1. The largest absolute Gasteiger partial charge is 0.668 e. The summed E-state index contributed by atoms with van der Waals surface area (Å²) in [6.45, 7) is 1.47. The van der Waals surface area contributed by atoms with Gasteiger partial charge < -0.3 is 28.5 Å². The third-order valence-electron chi connectivity index (χ3n) is 0.907. The Labute approximate surface area is 136 Å². The van der Waals surface area contributed by atoms with E-state index in [0.717, 1.165) is 0 Å². The quantitative estimate of drug-likeness (QED) is 0.609. The molecule has 1 atom stereocenters. The predicted octanol–water partition coefficient (Wildman–Crippen LogP) is 0.859. The summed E-state index contributed by atoms with van der Waals surface area (Å²) in [7, 11) is 0. The molecule has 0 aromatic rings. The van der Waals surface area contributed by atoms with E-state index in [4.69, 9.17) is 10.5 Å². The van der Waals surface area contributed by atoms with Gasteiger partial charge in [0.2, 0.25) is 0 Å². The van der Waals surface area contributed by atoms with Crippen LogP contribution in [0.2, 0.25) is 0 Å². The molecule has 0 amide bonds. The molecule has 0 bridgehead atoms. The Morgan fingerprint density at radius 1 is 1.60 bits per heavy atom. The molecule has 0 heterocycles. The molecule has 0 aliphatic carbocycles. The van der Waals surface area contributed by atoms with E-state index in [1.165, 1.54) is 25.0 Å². The second kappa shape index (κ2) is 24.6. The summed E-state index contributed by atoms with van der Waals surface area (Å²) >= 11 is 1.53. The molecule has 7 heteroatoms. The SMILES string of the molecule is CSCC([NH-])C(C)=O.NC[C-]=O.[CH3-].[W].[Y]. The standard InChI is InChI=1S/C5H10NOS.C2H4NO.CH3.W.Y/c1-4(7)5(6)3-8-2;3-1-2-4;;;/h5-6H,3H2,1-2H3;1,3H2;1H3;;/q3*-1;;. The Bertz CT molecular complexity index is 142. The van der Waals surface area contributed by atoms with Gasteiger partial charge in [-0.1, -0.05) is 6.04 Å². The normalized spacial score (nSPS) is 8.80. The van der Waals surface area contributed by atoms with Crippen LogP contribution in [0.4, 0.5) is 0 Å². The third kappa shape index (κ3) is 31.3. The van der Waals surface area contributed by atoms with Crippen LogP contribution in [0.5, 0.6) is 0 Å². The smallest absolute Gasteiger partial charge is 0.113 e. The number of rotatable bonds is 4. The van der Waals surface area contributed by atoms with Crippen molar-refractivity contribution >= 4 is 23.8 Å². The van der Waals surface area contributed by atoms with Gasteiger partial charge in [-0.15, -0.1) is 6.54 Å². The first-order valence-corrected chi connectivity index (χ1v) is 4.75. The van der Waals surface area contributed by atoms with Crippen molar-refractivity contribution in [1.82, 2.24) is 0 Å². The number of carbonyl (C=O) groups is 1. The summed E-state index contributed by atoms with van der Waals surface area (Å²) in [6.07, 6.45) is 3.35. The van der Waals surface area contributed by atoms with Gasteiger partial charge in [0.05, 0.1) is 0 Å². The molecule has 89 valence electrons. The van der Waals surface area contributed by atoms with E-state index in [9.17, 15) is 4.79 Å². The molecule has 0 fully saturated rings. The van der Waals surface area contributed by atoms with Crippen molar-refractivity contribution in [2.24, 2.45) is 5.73 Å². The van der Waals surface area contributed by atoms with E-state index in [2.05, 4.69) is 5.73 Å². The van der Waals surface area contributed by atoms with Gasteiger partial charge in [-0.3, -0.25) is 6.29 Å². The molecule has 3 N–H and O–H groups in total. The predicted molar refractivity (Wildman–Crippen MR) is 58.3 cm³/mol. The minimum Gasteiger partial charge on any atom is -0.668 e. The van der Waals surface area contributed by atoms with Crippen LogP contribution in [0.25, 0.3) is 5.73 Å². The topological polar surface area (TPSA) is 84.0 Å². The Balaban J connectivity index is -0.0000000424. The van der Waals surface area contributed by atoms with E-state index < -0.39 is 6.04 Å². The molecule has 0 saturated carbocycles. The van der Waals surface area contributed by atoms with Gasteiger partial charge in [-0.05, 0) is 18.9 Å². The van der Waals surface area contributed by atoms with Crippen LogP contribution >= 0.6 is 11.8 Å². The van der Waals surface area contributed by atoms with Crippen LogP contribution in [0.3, 0.4) is 0 Å². The number of hydrogen-bond donors (Lipinski definition) is 1. The van der Waals surface area contributed by atoms with E-state index in [0.29, 0.717) is 5.75 Å². The maximum atomic E-state index is 10.3. The van der Waals surface area contributed by atoms with Crippen molar-refractivity contribution in [2.45, 2.75) is 13.0 Å². The maximum absolute atomic E-state index is 10.3. The van der Waals surface area contributed by atoms with Crippen LogP contribution in [-0.4, -0.2) is 36.7 Å². The molecular weight excluding hydrogens is 461 g/mol. The minimum atomic E-state index is -0.509. The third-order valence-corrected chi connectivity index (χ3v) is 1.57. The first kappa shape index (κ1) is 29.9. The van der Waals surface area contributed by atoms with Gasteiger partial charge in [0.25, 0.3) is 0 Å². The van der Waals surface area contributed by atoms with E-state index in [1.807, 2.05) is 6.26 Å². The van der Waals surface area contributed by atoms with Gasteiger partial charge in [0.1, 0.15) is 5.78 Å². The second-order valence-electron chi connectivity index (χ2n) is 1.97. The van der Waals surface area contributed by atoms with Crippen LogP contribution in [0, 0.1) is 7.43 Å². The molecule has 0 rings (SSSR count). The average Bonchev–Trinajstić information content (AvgIpc) is 2.05. The summed E-state index contributed by atoms with van der Waals surface area (Å²) in [6, 6.07) is -0.509. The number of carbonyl (C=O) groups excluding carboxylic acids is 2. The monoisotopic (exact) mass is 478 g/mol. The zero-order valence-corrected chi connectivity index (χ0v) is 15.9. The first-order chi connectivity index (χ1) is 5.59. The van der Waals surface area contributed by atoms with Crippen LogP contribution in [-0.2, 0) is 63.4 Å². The van der Waals surface area contributed by atoms with E-state index in [1.54, 1.807) is 0 Å². The molecule has 15 heavy (non-hydrogen) atoms. The number of nitrogens with one attached hydrogen (secondary N) is 1. The van der Waals surface area contributed by atoms with Crippen molar-refractivity contribution in [3.63, 3.8) is 0 Å². The van der Waals surface area contributed by atoms with Crippen molar-refractivity contribution in [2.75, 3.05) is 18.6 Å². The molecule has 0 spiro atoms. The number of hydrogen-bond acceptors (Lipinski definition) is 4. The van der Waals surface area contributed by atoms with E-state index >= 15 is 0 Å². The zero-order valence-electron chi connectivity index (χ0n) is 9.28. The first-order valence-electron chi connectivity index (χ1n) is 3.35. The molecule has 4 nitrogen and oxygen atoms in total. The summed E-state index contributed by atoms with van der Waals surface area (Å²) in [5, 5.41) is 0. The Hall–Kier alpha value is 1.40. The molecule has 0 aliphatic heterocycles. The van der Waals surface area contributed by atoms with Gasteiger partial charge in [0.15, 0.2) is 0 Å². The fourth-order valence-electron chi connectivity index (χ4n) is 0.284. The van der Waals surface area contributed by atoms with Gasteiger partial charge in [-0.2, -0.15) is 11.8 Å². The van der Waals surface area contributed by atoms with Crippen LogP contribution < -0.4 is 5.73 Å². The van der Waals surface area contributed by atoms with E-state index in [-0.39, 0.29) is 73.5 Å². The fraction of sp³-hybridized carbons (Fsp3) is 0.625. The Kier molecular flexibility index (Phi) is 49.0. The molecule has 0 saturated heterocycles. The molecule has 1 unspecified atom stereocenters. The average molecular weight is 478 g/mol. The Morgan fingerprint density at radius 2 is 1.93 bits per heavy atom. The summed E-state index contributed by atoms with van der Waals surface area (Å²) in [5.41, 5.74) is 11.7.